The van der Waals surface area contributed by atoms with E-state index in [9.17, 15) is 4.79 Å². The van der Waals surface area contributed by atoms with Gasteiger partial charge in [-0.1, -0.05) is 0 Å². The summed E-state index contributed by atoms with van der Waals surface area (Å²) in [5.41, 5.74) is 6.33. The number of methoxy groups -OCH3 is 1. The Morgan fingerprint density at radius 3 is 2.89 bits per heavy atom. The molecule has 0 aliphatic carbocycles. The van der Waals surface area contributed by atoms with Crippen molar-refractivity contribution in [2.75, 3.05) is 18.2 Å². The van der Waals surface area contributed by atoms with E-state index >= 15 is 0 Å². The van der Waals surface area contributed by atoms with Gasteiger partial charge in [-0.3, -0.25) is 9.89 Å². The first-order valence-electron chi connectivity index (χ1n) is 5.06. The molecule has 94 valence electrons. The summed E-state index contributed by atoms with van der Waals surface area (Å²) in [4.78, 5) is 11.9. The van der Waals surface area contributed by atoms with Crippen molar-refractivity contribution >= 4 is 33.3 Å². The van der Waals surface area contributed by atoms with Crippen LogP contribution in [0.3, 0.4) is 0 Å². The minimum Gasteiger partial charge on any atom is -0.497 e. The predicted molar refractivity (Wildman–Crippen MR) is 71.6 cm³/mol. The molecule has 2 aromatic rings. The SMILES string of the molecule is COc1ccc(Br)c(NC(=O)c2cc(N)n[nH]2)c1. The van der Waals surface area contributed by atoms with E-state index in [1.54, 1.807) is 25.3 Å². The van der Waals surface area contributed by atoms with Crippen LogP contribution in [-0.4, -0.2) is 23.2 Å². The average Bonchev–Trinajstić information content (AvgIpc) is 2.79. The van der Waals surface area contributed by atoms with Gasteiger partial charge in [0, 0.05) is 16.6 Å². The van der Waals surface area contributed by atoms with Gasteiger partial charge in [0.15, 0.2) is 0 Å². The molecule has 0 atom stereocenters. The van der Waals surface area contributed by atoms with Crippen LogP contribution in [0.2, 0.25) is 0 Å². The smallest absolute Gasteiger partial charge is 0.273 e. The number of ether oxygens (including phenoxy) is 1. The highest BCUT2D eigenvalue weighted by atomic mass is 79.9. The second-order valence-corrected chi connectivity index (χ2v) is 4.36. The molecular formula is C11H11BrN4O2. The zero-order chi connectivity index (χ0) is 13.1. The van der Waals surface area contributed by atoms with Crippen molar-refractivity contribution in [1.29, 1.82) is 0 Å². The Labute approximate surface area is 112 Å². The third-order valence-corrected chi connectivity index (χ3v) is 2.96. The van der Waals surface area contributed by atoms with Crippen molar-refractivity contribution in [1.82, 2.24) is 10.2 Å². The Bertz CT molecular complexity index is 582. The van der Waals surface area contributed by atoms with Gasteiger partial charge in [0.2, 0.25) is 0 Å². The summed E-state index contributed by atoms with van der Waals surface area (Å²) in [6.07, 6.45) is 0. The van der Waals surface area contributed by atoms with Crippen molar-refractivity contribution in [2.24, 2.45) is 0 Å². The average molecular weight is 311 g/mol. The van der Waals surface area contributed by atoms with Gasteiger partial charge in [-0.15, -0.1) is 0 Å². The zero-order valence-electron chi connectivity index (χ0n) is 9.53. The first-order chi connectivity index (χ1) is 8.60. The number of amides is 1. The molecule has 0 saturated heterocycles. The third kappa shape index (κ3) is 2.62. The maximum Gasteiger partial charge on any atom is 0.273 e. The Balaban J connectivity index is 2.21. The van der Waals surface area contributed by atoms with E-state index < -0.39 is 0 Å². The van der Waals surface area contributed by atoms with E-state index in [0.29, 0.717) is 17.1 Å². The van der Waals surface area contributed by atoms with Crippen LogP contribution in [0.5, 0.6) is 5.75 Å². The Morgan fingerprint density at radius 1 is 1.50 bits per heavy atom. The van der Waals surface area contributed by atoms with Crippen LogP contribution in [-0.2, 0) is 0 Å². The number of nitrogens with zero attached hydrogens (tertiary/aromatic N) is 1. The van der Waals surface area contributed by atoms with Gasteiger partial charge in [-0.25, -0.2) is 0 Å². The summed E-state index contributed by atoms with van der Waals surface area (Å²) in [5, 5.41) is 8.95. The van der Waals surface area contributed by atoms with E-state index in [-0.39, 0.29) is 11.7 Å². The molecule has 1 heterocycles. The molecular weight excluding hydrogens is 300 g/mol. The standard InChI is InChI=1S/C11H11BrN4O2/c1-18-6-2-3-7(12)8(4-6)14-11(17)9-5-10(13)16-15-9/h2-5H,1H3,(H,14,17)(H3,13,15,16). The summed E-state index contributed by atoms with van der Waals surface area (Å²) >= 11 is 3.35. The number of H-pyrrole nitrogens is 1. The molecule has 2 rings (SSSR count). The summed E-state index contributed by atoms with van der Waals surface area (Å²) in [7, 11) is 1.56. The molecule has 18 heavy (non-hydrogen) atoms. The number of nitrogen functional groups attached to an aromatic ring is 1. The van der Waals surface area contributed by atoms with Gasteiger partial charge in [0.25, 0.3) is 5.91 Å². The number of carbonyl (C=O) groups excluding carboxylic acids is 1. The third-order valence-electron chi connectivity index (χ3n) is 2.26. The van der Waals surface area contributed by atoms with Crippen LogP contribution in [0.4, 0.5) is 11.5 Å². The number of halogens is 1. The van der Waals surface area contributed by atoms with E-state index in [0.717, 1.165) is 4.47 Å². The van der Waals surface area contributed by atoms with Crippen LogP contribution in [0.15, 0.2) is 28.7 Å². The van der Waals surface area contributed by atoms with Crippen molar-refractivity contribution in [3.63, 3.8) is 0 Å². The van der Waals surface area contributed by atoms with Gasteiger partial charge < -0.3 is 15.8 Å². The largest absolute Gasteiger partial charge is 0.497 e. The molecule has 0 radical (unpaired) electrons. The maximum absolute atomic E-state index is 11.9. The number of anilines is 2. The van der Waals surface area contributed by atoms with Gasteiger partial charge in [-0.05, 0) is 28.1 Å². The molecule has 0 aliphatic rings. The summed E-state index contributed by atoms with van der Waals surface area (Å²) in [6, 6.07) is 6.74. The van der Waals surface area contributed by atoms with Crippen LogP contribution in [0.25, 0.3) is 0 Å². The van der Waals surface area contributed by atoms with E-state index in [1.165, 1.54) is 6.07 Å². The highest BCUT2D eigenvalue weighted by molar-refractivity contribution is 9.10. The molecule has 0 unspecified atom stereocenters. The van der Waals surface area contributed by atoms with Crippen LogP contribution < -0.4 is 15.8 Å². The number of hydrogen-bond donors (Lipinski definition) is 3. The van der Waals surface area contributed by atoms with Crippen LogP contribution >= 0.6 is 15.9 Å². The van der Waals surface area contributed by atoms with Crippen LogP contribution in [0, 0.1) is 0 Å². The van der Waals surface area contributed by atoms with Gasteiger partial charge in [0.05, 0.1) is 12.8 Å². The topological polar surface area (TPSA) is 93.0 Å². The summed E-state index contributed by atoms with van der Waals surface area (Å²) < 4.78 is 5.84. The molecule has 1 aromatic heterocycles. The first-order valence-corrected chi connectivity index (χ1v) is 5.85. The lowest BCUT2D eigenvalue weighted by Gasteiger charge is -2.08. The van der Waals surface area contributed by atoms with E-state index in [4.69, 9.17) is 10.5 Å². The van der Waals surface area contributed by atoms with Crippen molar-refractivity contribution in [2.45, 2.75) is 0 Å². The fourth-order valence-corrected chi connectivity index (χ4v) is 1.72. The quantitative estimate of drug-likeness (QED) is 0.808. The summed E-state index contributed by atoms with van der Waals surface area (Å²) in [6.45, 7) is 0. The molecule has 4 N–H and O–H groups in total. The number of nitrogens with one attached hydrogen (secondary N) is 2. The number of benzene rings is 1. The second-order valence-electron chi connectivity index (χ2n) is 3.51. The van der Waals surface area contributed by atoms with E-state index in [1.807, 2.05) is 0 Å². The number of aromatic amines is 1. The van der Waals surface area contributed by atoms with Gasteiger partial charge >= 0.3 is 0 Å². The van der Waals surface area contributed by atoms with Crippen molar-refractivity contribution in [3.05, 3.63) is 34.4 Å². The lowest BCUT2D eigenvalue weighted by atomic mass is 10.3. The molecule has 0 saturated carbocycles. The number of rotatable bonds is 3. The molecule has 0 bridgehead atoms. The molecule has 1 amide bonds. The monoisotopic (exact) mass is 310 g/mol. The highest BCUT2D eigenvalue weighted by Gasteiger charge is 2.11. The number of aromatic nitrogens is 2. The van der Waals surface area contributed by atoms with Gasteiger partial charge in [-0.2, -0.15) is 5.10 Å². The lowest BCUT2D eigenvalue weighted by Crippen LogP contribution is -2.12. The van der Waals surface area contributed by atoms with Crippen LogP contribution in [0.1, 0.15) is 10.5 Å². The summed E-state index contributed by atoms with van der Waals surface area (Å²) in [5.74, 6) is 0.593. The van der Waals surface area contributed by atoms with Crippen molar-refractivity contribution < 1.29 is 9.53 Å². The highest BCUT2D eigenvalue weighted by Crippen LogP contribution is 2.27. The van der Waals surface area contributed by atoms with Crippen molar-refractivity contribution in [3.8, 4) is 5.75 Å². The number of nitrogens with two attached hydrogens (primary N) is 1. The number of hydrogen-bond acceptors (Lipinski definition) is 4. The molecule has 0 aliphatic heterocycles. The van der Waals surface area contributed by atoms with E-state index in [2.05, 4.69) is 31.4 Å². The second kappa shape index (κ2) is 5.09. The predicted octanol–water partition coefficient (Wildman–Crippen LogP) is 2.02. The Morgan fingerprint density at radius 2 is 2.28 bits per heavy atom. The molecule has 0 spiro atoms. The number of carbonyl (C=O) groups is 1. The zero-order valence-corrected chi connectivity index (χ0v) is 11.1. The Hall–Kier alpha value is -2.02. The minimum atomic E-state index is -0.326. The molecule has 1 aromatic carbocycles. The fraction of sp³-hybridized carbons (Fsp3) is 0.0909. The maximum atomic E-state index is 11.9. The Kier molecular flexibility index (Phi) is 3.52. The lowest BCUT2D eigenvalue weighted by molar-refractivity contribution is 0.102. The molecule has 7 heteroatoms. The van der Waals surface area contributed by atoms with Gasteiger partial charge in [0.1, 0.15) is 17.3 Å². The minimum absolute atomic E-state index is 0.268. The fourth-order valence-electron chi connectivity index (χ4n) is 1.37. The molecule has 0 fully saturated rings. The normalized spacial score (nSPS) is 10.1. The molecule has 6 nitrogen and oxygen atoms in total. The first kappa shape index (κ1) is 12.4.